The lowest BCUT2D eigenvalue weighted by atomic mass is 9.95. The fraction of sp³-hybridized carbons (Fsp3) is 0.300. The predicted molar refractivity (Wildman–Crippen MR) is 98.7 cm³/mol. The Bertz CT molecular complexity index is 781. The van der Waals surface area contributed by atoms with Crippen LogP contribution < -0.4 is 0 Å². The maximum absolute atomic E-state index is 12.9. The summed E-state index contributed by atoms with van der Waals surface area (Å²) >= 11 is 1.32. The van der Waals surface area contributed by atoms with Crippen molar-refractivity contribution in [2.24, 2.45) is 0 Å². The molecule has 0 aliphatic carbocycles. The highest BCUT2D eigenvalue weighted by Gasteiger charge is 2.43. The topological polar surface area (TPSA) is 57.6 Å². The molecule has 2 aromatic rings. The number of thiophene rings is 1. The SMILES string of the molecule is CCCCCN1C(=O)C(O)=C(C(=O)c2cccs2)C1c1ccccc1. The molecule has 1 unspecified atom stereocenters. The maximum atomic E-state index is 12.9. The first-order valence-corrected chi connectivity index (χ1v) is 9.40. The maximum Gasteiger partial charge on any atom is 0.290 e. The van der Waals surface area contributed by atoms with Gasteiger partial charge in [0, 0.05) is 6.54 Å². The standard InChI is InChI=1S/C20H21NO3S/c1-2-3-7-12-21-17(14-9-5-4-6-10-14)16(19(23)20(21)24)18(22)15-11-8-13-25-15/h4-6,8-11,13,17,23H,2-3,7,12H2,1H3. The Morgan fingerprint density at radius 1 is 1.16 bits per heavy atom. The van der Waals surface area contributed by atoms with E-state index in [0.717, 1.165) is 24.8 Å². The van der Waals surface area contributed by atoms with Gasteiger partial charge in [-0.1, -0.05) is 56.2 Å². The third-order valence-electron chi connectivity index (χ3n) is 4.41. The second-order valence-corrected chi connectivity index (χ2v) is 7.04. The second-order valence-electron chi connectivity index (χ2n) is 6.09. The number of nitrogens with zero attached hydrogens (tertiary/aromatic N) is 1. The van der Waals surface area contributed by atoms with Crippen LogP contribution in [-0.4, -0.2) is 28.2 Å². The van der Waals surface area contributed by atoms with E-state index in [1.54, 1.807) is 17.0 Å². The van der Waals surface area contributed by atoms with Crippen molar-refractivity contribution in [1.82, 2.24) is 4.90 Å². The van der Waals surface area contributed by atoms with Crippen molar-refractivity contribution in [3.8, 4) is 0 Å². The van der Waals surface area contributed by atoms with Crippen molar-refractivity contribution in [1.29, 1.82) is 0 Å². The molecular formula is C20H21NO3S. The summed E-state index contributed by atoms with van der Waals surface area (Å²) in [5, 5.41) is 12.3. The van der Waals surface area contributed by atoms with Gasteiger partial charge in [0.15, 0.2) is 5.76 Å². The van der Waals surface area contributed by atoms with E-state index in [-0.39, 0.29) is 11.4 Å². The number of rotatable bonds is 7. The molecule has 1 aliphatic heterocycles. The number of aliphatic hydroxyl groups is 1. The average Bonchev–Trinajstić information content (AvgIpc) is 3.25. The van der Waals surface area contributed by atoms with Gasteiger partial charge in [-0.3, -0.25) is 9.59 Å². The van der Waals surface area contributed by atoms with E-state index in [1.165, 1.54) is 11.3 Å². The first-order chi connectivity index (χ1) is 12.1. The highest BCUT2D eigenvalue weighted by molar-refractivity contribution is 7.12. The van der Waals surface area contributed by atoms with Gasteiger partial charge in [-0.25, -0.2) is 0 Å². The fourth-order valence-corrected chi connectivity index (χ4v) is 3.85. The van der Waals surface area contributed by atoms with Crippen LogP contribution in [0.5, 0.6) is 0 Å². The van der Waals surface area contributed by atoms with Gasteiger partial charge in [-0.15, -0.1) is 11.3 Å². The molecule has 0 saturated carbocycles. The molecule has 0 fully saturated rings. The minimum atomic E-state index is -0.528. The Kier molecular flexibility index (Phi) is 5.34. The molecule has 1 amide bonds. The number of Topliss-reactive ketones (excluding diaryl/α,β-unsaturated/α-hetero) is 1. The molecule has 0 bridgehead atoms. The lowest BCUT2D eigenvalue weighted by Crippen LogP contribution is -2.32. The quantitative estimate of drug-likeness (QED) is 0.587. The number of hydrogen-bond acceptors (Lipinski definition) is 4. The molecule has 0 saturated heterocycles. The van der Waals surface area contributed by atoms with Crippen LogP contribution in [0.4, 0.5) is 0 Å². The molecule has 0 spiro atoms. The van der Waals surface area contributed by atoms with Gasteiger partial charge in [-0.05, 0) is 23.4 Å². The summed E-state index contributed by atoms with van der Waals surface area (Å²) in [5.74, 6) is -1.14. The van der Waals surface area contributed by atoms with Crippen molar-refractivity contribution >= 4 is 23.0 Å². The number of ketones is 1. The second kappa shape index (κ2) is 7.66. The Labute approximate surface area is 151 Å². The molecule has 1 aromatic carbocycles. The Morgan fingerprint density at radius 2 is 1.92 bits per heavy atom. The Balaban J connectivity index is 2.01. The first kappa shape index (κ1) is 17.4. The van der Waals surface area contributed by atoms with E-state index in [9.17, 15) is 14.7 Å². The van der Waals surface area contributed by atoms with Crippen LogP contribution in [-0.2, 0) is 4.79 Å². The molecule has 5 heteroatoms. The highest BCUT2D eigenvalue weighted by Crippen LogP contribution is 2.39. The molecule has 3 rings (SSSR count). The molecular weight excluding hydrogens is 334 g/mol. The van der Waals surface area contributed by atoms with Crippen LogP contribution in [0.2, 0.25) is 0 Å². The van der Waals surface area contributed by atoms with Crippen LogP contribution in [0.1, 0.15) is 47.5 Å². The van der Waals surface area contributed by atoms with Crippen LogP contribution in [0, 0.1) is 0 Å². The number of unbranched alkanes of at least 4 members (excludes halogenated alkanes) is 2. The lowest BCUT2D eigenvalue weighted by Gasteiger charge is -2.26. The molecule has 130 valence electrons. The summed E-state index contributed by atoms with van der Waals surface area (Å²) in [5.41, 5.74) is 1.03. The molecule has 25 heavy (non-hydrogen) atoms. The van der Waals surface area contributed by atoms with E-state index in [4.69, 9.17) is 0 Å². The van der Waals surface area contributed by atoms with Gasteiger partial charge in [0.05, 0.1) is 16.5 Å². The van der Waals surface area contributed by atoms with Crippen LogP contribution in [0.3, 0.4) is 0 Å². The lowest BCUT2D eigenvalue weighted by molar-refractivity contribution is -0.129. The van der Waals surface area contributed by atoms with Gasteiger partial charge < -0.3 is 10.0 Å². The summed E-state index contributed by atoms with van der Waals surface area (Å²) in [6.07, 6.45) is 2.89. The van der Waals surface area contributed by atoms with Gasteiger partial charge in [-0.2, -0.15) is 0 Å². The zero-order chi connectivity index (χ0) is 17.8. The normalized spacial score (nSPS) is 17.4. The third-order valence-corrected chi connectivity index (χ3v) is 5.28. The summed E-state index contributed by atoms with van der Waals surface area (Å²) in [7, 11) is 0. The minimum Gasteiger partial charge on any atom is -0.503 e. The van der Waals surface area contributed by atoms with E-state index in [0.29, 0.717) is 11.4 Å². The molecule has 1 N–H and O–H groups in total. The predicted octanol–water partition coefficient (Wildman–Crippen LogP) is 4.52. The molecule has 0 radical (unpaired) electrons. The zero-order valence-electron chi connectivity index (χ0n) is 14.1. The number of aliphatic hydroxyl groups excluding tert-OH is 1. The molecule has 4 nitrogen and oxygen atoms in total. The van der Waals surface area contributed by atoms with Crippen molar-refractivity contribution in [3.63, 3.8) is 0 Å². The third kappa shape index (κ3) is 3.37. The van der Waals surface area contributed by atoms with Gasteiger partial charge in [0.2, 0.25) is 5.78 Å². The number of carbonyl (C=O) groups excluding carboxylic acids is 2. The first-order valence-electron chi connectivity index (χ1n) is 8.52. The van der Waals surface area contributed by atoms with Gasteiger partial charge in [0.1, 0.15) is 0 Å². The van der Waals surface area contributed by atoms with E-state index in [2.05, 4.69) is 6.92 Å². The molecule has 1 aliphatic rings. The fourth-order valence-electron chi connectivity index (χ4n) is 3.17. The Hall–Kier alpha value is -2.40. The van der Waals surface area contributed by atoms with Crippen LogP contribution in [0.25, 0.3) is 0 Å². The molecule has 2 heterocycles. The van der Waals surface area contributed by atoms with Crippen LogP contribution in [0.15, 0.2) is 59.2 Å². The van der Waals surface area contributed by atoms with Gasteiger partial charge in [0.25, 0.3) is 5.91 Å². The number of carbonyl (C=O) groups is 2. The highest BCUT2D eigenvalue weighted by atomic mass is 32.1. The number of amides is 1. The summed E-state index contributed by atoms with van der Waals surface area (Å²) < 4.78 is 0. The average molecular weight is 355 g/mol. The zero-order valence-corrected chi connectivity index (χ0v) is 15.0. The van der Waals surface area contributed by atoms with E-state index < -0.39 is 17.7 Å². The molecule has 1 atom stereocenters. The molecule has 1 aromatic heterocycles. The van der Waals surface area contributed by atoms with Gasteiger partial charge >= 0.3 is 0 Å². The monoisotopic (exact) mass is 355 g/mol. The largest absolute Gasteiger partial charge is 0.503 e. The summed E-state index contributed by atoms with van der Waals surface area (Å²) in [6.45, 7) is 2.62. The number of hydrogen-bond donors (Lipinski definition) is 1. The van der Waals surface area contributed by atoms with Crippen molar-refractivity contribution < 1.29 is 14.7 Å². The summed E-state index contributed by atoms with van der Waals surface area (Å²) in [6, 6.07) is 12.4. The van der Waals surface area contributed by atoms with Crippen molar-refractivity contribution in [3.05, 3.63) is 69.6 Å². The van der Waals surface area contributed by atoms with Crippen molar-refractivity contribution in [2.45, 2.75) is 32.2 Å². The Morgan fingerprint density at radius 3 is 2.56 bits per heavy atom. The van der Waals surface area contributed by atoms with E-state index >= 15 is 0 Å². The number of benzene rings is 1. The van der Waals surface area contributed by atoms with E-state index in [1.807, 2.05) is 35.7 Å². The summed E-state index contributed by atoms with van der Waals surface area (Å²) in [4.78, 5) is 27.7. The minimum absolute atomic E-state index is 0.190. The van der Waals surface area contributed by atoms with Crippen molar-refractivity contribution in [2.75, 3.05) is 6.54 Å². The van der Waals surface area contributed by atoms with Crippen LogP contribution >= 0.6 is 11.3 Å². The smallest absolute Gasteiger partial charge is 0.290 e.